The number of carbonyl (C=O) groups is 2. The molecule has 1 saturated heterocycles. The molecule has 20 heavy (non-hydrogen) atoms. The summed E-state index contributed by atoms with van der Waals surface area (Å²) in [4.78, 5) is 22.8. The Labute approximate surface area is 124 Å². The van der Waals surface area contributed by atoms with Crippen molar-refractivity contribution in [1.82, 2.24) is 5.32 Å². The van der Waals surface area contributed by atoms with E-state index in [4.69, 9.17) is 9.84 Å². The van der Waals surface area contributed by atoms with Crippen LogP contribution < -0.4 is 10.6 Å². The van der Waals surface area contributed by atoms with Crippen molar-refractivity contribution in [2.45, 2.75) is 18.9 Å². The number of amides is 2. The van der Waals surface area contributed by atoms with Gasteiger partial charge in [-0.1, -0.05) is 15.9 Å². The summed E-state index contributed by atoms with van der Waals surface area (Å²) in [6.07, 6.45) is 1.57. The molecule has 1 aliphatic heterocycles. The normalized spacial score (nSPS) is 15.7. The predicted molar refractivity (Wildman–Crippen MR) is 77.1 cm³/mol. The minimum Gasteiger partial charge on any atom is -0.478 e. The molecule has 1 aromatic rings. The molecule has 0 aliphatic carbocycles. The second kappa shape index (κ2) is 6.71. The van der Waals surface area contributed by atoms with Gasteiger partial charge in [0.2, 0.25) is 0 Å². The highest BCUT2D eigenvalue weighted by molar-refractivity contribution is 9.10. The first-order valence-electron chi connectivity index (χ1n) is 6.24. The van der Waals surface area contributed by atoms with E-state index in [2.05, 4.69) is 26.6 Å². The number of anilines is 1. The standard InChI is InChI=1S/C13H15BrN2O4/c14-9-5-8(12(17)18)6-11(7-9)16-13(19)15-10-1-3-20-4-2-10/h5-7,10H,1-4H2,(H,17,18)(H2,15,16,19). The second-order valence-electron chi connectivity index (χ2n) is 4.52. The molecular formula is C13H15BrN2O4. The Kier molecular flexibility index (Phi) is 4.97. The molecule has 0 atom stereocenters. The number of carboxylic acid groups (broad SMARTS) is 1. The SMILES string of the molecule is O=C(Nc1cc(Br)cc(C(=O)O)c1)NC1CCOCC1. The van der Waals surface area contributed by atoms with Gasteiger partial charge in [-0.15, -0.1) is 0 Å². The van der Waals surface area contributed by atoms with Crippen LogP contribution in [0.15, 0.2) is 22.7 Å². The van der Waals surface area contributed by atoms with E-state index in [-0.39, 0.29) is 17.6 Å². The molecule has 0 spiro atoms. The number of ether oxygens (including phenoxy) is 1. The number of hydrogen-bond acceptors (Lipinski definition) is 3. The molecule has 1 aromatic carbocycles. The molecule has 0 radical (unpaired) electrons. The first-order valence-corrected chi connectivity index (χ1v) is 7.03. The Balaban J connectivity index is 1.98. The van der Waals surface area contributed by atoms with Crippen molar-refractivity contribution in [3.05, 3.63) is 28.2 Å². The summed E-state index contributed by atoms with van der Waals surface area (Å²) >= 11 is 3.22. The molecule has 0 unspecified atom stereocenters. The maximum Gasteiger partial charge on any atom is 0.335 e. The number of carbonyl (C=O) groups excluding carboxylic acids is 1. The lowest BCUT2D eigenvalue weighted by molar-refractivity contribution is 0.0696. The minimum atomic E-state index is -1.04. The van der Waals surface area contributed by atoms with Crippen LogP contribution in [0.25, 0.3) is 0 Å². The monoisotopic (exact) mass is 342 g/mol. The number of aromatic carboxylic acids is 1. The number of benzene rings is 1. The lowest BCUT2D eigenvalue weighted by Gasteiger charge is -2.23. The summed E-state index contributed by atoms with van der Waals surface area (Å²) in [5.74, 6) is -1.04. The lowest BCUT2D eigenvalue weighted by atomic mass is 10.1. The number of carboxylic acids is 1. The molecule has 108 valence electrons. The van der Waals surface area contributed by atoms with Crippen LogP contribution in [-0.2, 0) is 4.74 Å². The van der Waals surface area contributed by atoms with Gasteiger partial charge < -0.3 is 20.5 Å². The Morgan fingerprint density at radius 3 is 2.60 bits per heavy atom. The van der Waals surface area contributed by atoms with Gasteiger partial charge in [0.1, 0.15) is 0 Å². The van der Waals surface area contributed by atoms with Crippen LogP contribution in [-0.4, -0.2) is 36.4 Å². The fraction of sp³-hybridized carbons (Fsp3) is 0.385. The van der Waals surface area contributed by atoms with E-state index < -0.39 is 5.97 Å². The van der Waals surface area contributed by atoms with E-state index in [0.717, 1.165) is 12.8 Å². The third-order valence-electron chi connectivity index (χ3n) is 2.96. The number of halogens is 1. The topological polar surface area (TPSA) is 87.7 Å². The quantitative estimate of drug-likeness (QED) is 0.787. The summed E-state index contributed by atoms with van der Waals surface area (Å²) in [5, 5.41) is 14.4. The maximum absolute atomic E-state index is 11.8. The van der Waals surface area contributed by atoms with Crippen molar-refractivity contribution >= 4 is 33.6 Å². The van der Waals surface area contributed by atoms with Crippen LogP contribution in [0.4, 0.5) is 10.5 Å². The van der Waals surface area contributed by atoms with Gasteiger partial charge in [0.05, 0.1) is 5.56 Å². The van der Waals surface area contributed by atoms with Crippen LogP contribution >= 0.6 is 15.9 Å². The summed E-state index contributed by atoms with van der Waals surface area (Å²) < 4.78 is 5.81. The zero-order chi connectivity index (χ0) is 14.5. The molecular weight excluding hydrogens is 328 g/mol. The average Bonchev–Trinajstić information content (AvgIpc) is 2.38. The van der Waals surface area contributed by atoms with E-state index >= 15 is 0 Å². The van der Waals surface area contributed by atoms with Gasteiger partial charge in [-0.25, -0.2) is 9.59 Å². The zero-order valence-electron chi connectivity index (χ0n) is 10.7. The number of urea groups is 1. The van der Waals surface area contributed by atoms with Gasteiger partial charge in [0, 0.05) is 29.4 Å². The first kappa shape index (κ1) is 14.8. The Hall–Kier alpha value is -1.60. The summed E-state index contributed by atoms with van der Waals surface area (Å²) in [6, 6.07) is 4.29. The van der Waals surface area contributed by atoms with Crippen LogP contribution in [0, 0.1) is 0 Å². The highest BCUT2D eigenvalue weighted by Crippen LogP contribution is 2.20. The second-order valence-corrected chi connectivity index (χ2v) is 5.43. The number of nitrogens with one attached hydrogen (secondary N) is 2. The minimum absolute atomic E-state index is 0.0925. The molecule has 6 nitrogen and oxygen atoms in total. The fourth-order valence-electron chi connectivity index (χ4n) is 1.98. The van der Waals surface area contributed by atoms with Crippen molar-refractivity contribution in [1.29, 1.82) is 0 Å². The van der Waals surface area contributed by atoms with Gasteiger partial charge in [-0.2, -0.15) is 0 Å². The zero-order valence-corrected chi connectivity index (χ0v) is 12.3. The Morgan fingerprint density at radius 2 is 1.95 bits per heavy atom. The van der Waals surface area contributed by atoms with Gasteiger partial charge >= 0.3 is 12.0 Å². The summed E-state index contributed by atoms with van der Waals surface area (Å²) in [7, 11) is 0. The van der Waals surface area contributed by atoms with Crippen molar-refractivity contribution in [2.24, 2.45) is 0 Å². The van der Waals surface area contributed by atoms with Gasteiger partial charge in [-0.3, -0.25) is 0 Å². The van der Waals surface area contributed by atoms with E-state index in [1.165, 1.54) is 12.1 Å². The van der Waals surface area contributed by atoms with E-state index in [1.54, 1.807) is 6.07 Å². The average molecular weight is 343 g/mol. The fourth-order valence-corrected chi connectivity index (χ4v) is 2.47. The highest BCUT2D eigenvalue weighted by Gasteiger charge is 2.16. The molecule has 2 amide bonds. The Bertz CT molecular complexity index is 515. The number of rotatable bonds is 3. The smallest absolute Gasteiger partial charge is 0.335 e. The van der Waals surface area contributed by atoms with Crippen molar-refractivity contribution in [3.8, 4) is 0 Å². The molecule has 2 rings (SSSR count). The van der Waals surface area contributed by atoms with Crippen molar-refractivity contribution < 1.29 is 19.4 Å². The molecule has 1 heterocycles. The summed E-state index contributed by atoms with van der Waals surface area (Å²) in [6.45, 7) is 1.29. The molecule has 0 bridgehead atoms. The van der Waals surface area contributed by atoms with Gasteiger partial charge in [-0.05, 0) is 31.0 Å². The largest absolute Gasteiger partial charge is 0.478 e. The molecule has 7 heteroatoms. The third-order valence-corrected chi connectivity index (χ3v) is 3.42. The lowest BCUT2D eigenvalue weighted by Crippen LogP contribution is -2.41. The highest BCUT2D eigenvalue weighted by atomic mass is 79.9. The van der Waals surface area contributed by atoms with Gasteiger partial charge in [0.15, 0.2) is 0 Å². The Morgan fingerprint density at radius 1 is 1.25 bits per heavy atom. The summed E-state index contributed by atoms with van der Waals surface area (Å²) in [5.41, 5.74) is 0.544. The molecule has 3 N–H and O–H groups in total. The van der Waals surface area contributed by atoms with Crippen LogP contribution in [0.5, 0.6) is 0 Å². The first-order chi connectivity index (χ1) is 9.54. The third kappa shape index (κ3) is 4.21. The van der Waals surface area contributed by atoms with Crippen LogP contribution in [0.3, 0.4) is 0 Å². The van der Waals surface area contributed by atoms with Crippen molar-refractivity contribution in [2.75, 3.05) is 18.5 Å². The molecule has 0 saturated carbocycles. The van der Waals surface area contributed by atoms with Gasteiger partial charge in [0.25, 0.3) is 0 Å². The molecule has 1 fully saturated rings. The van der Waals surface area contributed by atoms with E-state index in [9.17, 15) is 9.59 Å². The maximum atomic E-state index is 11.8. The van der Waals surface area contributed by atoms with E-state index in [1.807, 2.05) is 0 Å². The molecule has 0 aromatic heterocycles. The van der Waals surface area contributed by atoms with Crippen LogP contribution in [0.2, 0.25) is 0 Å². The predicted octanol–water partition coefficient (Wildman–Crippen LogP) is 2.45. The van der Waals surface area contributed by atoms with Crippen molar-refractivity contribution in [3.63, 3.8) is 0 Å². The molecule has 1 aliphatic rings. The van der Waals surface area contributed by atoms with E-state index in [0.29, 0.717) is 23.4 Å². The number of hydrogen-bond donors (Lipinski definition) is 3. The van der Waals surface area contributed by atoms with Crippen LogP contribution in [0.1, 0.15) is 23.2 Å².